The summed E-state index contributed by atoms with van der Waals surface area (Å²) in [6.07, 6.45) is 3.31. The van der Waals surface area contributed by atoms with Gasteiger partial charge in [0.2, 0.25) is 5.91 Å². The molecule has 0 spiro atoms. The van der Waals surface area contributed by atoms with Gasteiger partial charge in [0, 0.05) is 25.4 Å². The zero-order chi connectivity index (χ0) is 10.6. The maximum Gasteiger partial charge on any atom is 0.347 e. The number of aryl methyl sites for hydroxylation is 2. The van der Waals surface area contributed by atoms with E-state index in [4.69, 9.17) is 5.84 Å². The third kappa shape index (κ3) is 2.67. The summed E-state index contributed by atoms with van der Waals surface area (Å²) in [4.78, 5) is 25.6. The normalized spacial score (nSPS) is 9.86. The van der Waals surface area contributed by atoms with E-state index in [9.17, 15) is 9.59 Å². The predicted molar refractivity (Wildman–Crippen MR) is 50.2 cm³/mol. The number of rotatable bonds is 3. The van der Waals surface area contributed by atoms with Gasteiger partial charge in [0.15, 0.2) is 0 Å². The molecular formula is C8H12N4O2. The van der Waals surface area contributed by atoms with Crippen molar-refractivity contribution in [3.05, 3.63) is 28.4 Å². The summed E-state index contributed by atoms with van der Waals surface area (Å²) in [5.74, 6) is 4.59. The molecule has 6 nitrogen and oxygen atoms in total. The monoisotopic (exact) mass is 196 g/mol. The molecular weight excluding hydrogens is 184 g/mol. The fourth-order valence-electron chi connectivity index (χ4n) is 1.02. The van der Waals surface area contributed by atoms with E-state index in [1.165, 1.54) is 10.8 Å². The SMILES string of the molecule is Cc1cnc(=O)n(CCC(=O)NN)c1. The molecule has 0 bridgehead atoms. The van der Waals surface area contributed by atoms with E-state index in [1.807, 2.05) is 12.3 Å². The Morgan fingerprint density at radius 3 is 3.07 bits per heavy atom. The molecule has 0 saturated carbocycles. The maximum absolute atomic E-state index is 11.2. The topological polar surface area (TPSA) is 90.0 Å². The maximum atomic E-state index is 11.2. The second-order valence-electron chi connectivity index (χ2n) is 2.92. The largest absolute Gasteiger partial charge is 0.347 e. The van der Waals surface area contributed by atoms with Crippen molar-refractivity contribution in [3.63, 3.8) is 0 Å². The first kappa shape index (κ1) is 10.4. The molecule has 0 radical (unpaired) electrons. The first-order valence-corrected chi connectivity index (χ1v) is 4.16. The van der Waals surface area contributed by atoms with Crippen LogP contribution in [0.2, 0.25) is 0 Å². The number of carbonyl (C=O) groups excluding carboxylic acids is 1. The minimum absolute atomic E-state index is 0.168. The van der Waals surface area contributed by atoms with Crippen LogP contribution in [0.25, 0.3) is 0 Å². The Morgan fingerprint density at radius 2 is 2.43 bits per heavy atom. The summed E-state index contributed by atoms with van der Waals surface area (Å²) in [7, 11) is 0. The molecule has 0 aromatic carbocycles. The molecule has 1 rings (SSSR count). The highest BCUT2D eigenvalue weighted by Crippen LogP contribution is 1.91. The number of nitrogens with zero attached hydrogens (tertiary/aromatic N) is 2. The van der Waals surface area contributed by atoms with Gasteiger partial charge in [-0.1, -0.05) is 0 Å². The Hall–Kier alpha value is -1.69. The van der Waals surface area contributed by atoms with Gasteiger partial charge in [-0.15, -0.1) is 0 Å². The molecule has 14 heavy (non-hydrogen) atoms. The molecule has 0 atom stereocenters. The summed E-state index contributed by atoms with van der Waals surface area (Å²) in [6.45, 7) is 2.11. The highest BCUT2D eigenvalue weighted by atomic mass is 16.2. The quantitative estimate of drug-likeness (QED) is 0.366. The van der Waals surface area contributed by atoms with Crippen LogP contribution < -0.4 is 17.0 Å². The van der Waals surface area contributed by atoms with Gasteiger partial charge in [-0.25, -0.2) is 15.6 Å². The molecule has 0 saturated heterocycles. The fraction of sp³-hybridized carbons (Fsp3) is 0.375. The molecule has 0 unspecified atom stereocenters. The van der Waals surface area contributed by atoms with Crippen LogP contribution in [0, 0.1) is 6.92 Å². The average molecular weight is 196 g/mol. The Bertz CT molecular complexity index is 385. The van der Waals surface area contributed by atoms with Crippen LogP contribution in [0.5, 0.6) is 0 Å². The summed E-state index contributed by atoms with van der Waals surface area (Å²) in [5.41, 5.74) is 2.51. The number of hydrazine groups is 1. The van der Waals surface area contributed by atoms with Crippen molar-refractivity contribution in [1.82, 2.24) is 15.0 Å². The van der Waals surface area contributed by atoms with Gasteiger partial charge in [-0.3, -0.25) is 14.8 Å². The summed E-state index contributed by atoms with van der Waals surface area (Å²) in [6, 6.07) is 0. The molecule has 0 fully saturated rings. The predicted octanol–water partition coefficient (Wildman–Crippen LogP) is -1.07. The van der Waals surface area contributed by atoms with Crippen LogP contribution >= 0.6 is 0 Å². The molecule has 1 amide bonds. The van der Waals surface area contributed by atoms with E-state index >= 15 is 0 Å². The summed E-state index contributed by atoms with van der Waals surface area (Å²) < 4.78 is 1.38. The second-order valence-corrected chi connectivity index (χ2v) is 2.92. The summed E-state index contributed by atoms with van der Waals surface area (Å²) >= 11 is 0. The van der Waals surface area contributed by atoms with Crippen LogP contribution in [-0.2, 0) is 11.3 Å². The molecule has 0 aliphatic carbocycles. The molecule has 3 N–H and O–H groups in total. The molecule has 0 aliphatic rings. The number of carbonyl (C=O) groups is 1. The minimum atomic E-state index is -0.361. The lowest BCUT2D eigenvalue weighted by Crippen LogP contribution is -2.32. The fourth-order valence-corrected chi connectivity index (χ4v) is 1.02. The van der Waals surface area contributed by atoms with Crippen molar-refractivity contribution >= 4 is 5.91 Å². The van der Waals surface area contributed by atoms with E-state index < -0.39 is 0 Å². The lowest BCUT2D eigenvalue weighted by atomic mass is 10.3. The van der Waals surface area contributed by atoms with E-state index in [0.29, 0.717) is 0 Å². The van der Waals surface area contributed by atoms with Crippen LogP contribution in [0.1, 0.15) is 12.0 Å². The zero-order valence-electron chi connectivity index (χ0n) is 7.86. The lowest BCUT2D eigenvalue weighted by Gasteiger charge is -2.04. The van der Waals surface area contributed by atoms with E-state index in [2.05, 4.69) is 4.98 Å². The average Bonchev–Trinajstić information content (AvgIpc) is 2.19. The van der Waals surface area contributed by atoms with E-state index in [-0.39, 0.29) is 24.6 Å². The zero-order valence-corrected chi connectivity index (χ0v) is 7.86. The van der Waals surface area contributed by atoms with Crippen molar-refractivity contribution in [1.29, 1.82) is 0 Å². The van der Waals surface area contributed by atoms with Gasteiger partial charge in [0.05, 0.1) is 0 Å². The number of aromatic nitrogens is 2. The summed E-state index contributed by atoms with van der Waals surface area (Å²) in [5, 5.41) is 0. The number of nitrogens with one attached hydrogen (secondary N) is 1. The van der Waals surface area contributed by atoms with Crippen LogP contribution in [0.15, 0.2) is 17.2 Å². The van der Waals surface area contributed by atoms with Crippen molar-refractivity contribution in [2.45, 2.75) is 19.9 Å². The van der Waals surface area contributed by atoms with Crippen LogP contribution in [-0.4, -0.2) is 15.5 Å². The minimum Gasteiger partial charge on any atom is -0.298 e. The Balaban J connectivity index is 2.71. The Labute approximate surface area is 80.7 Å². The smallest absolute Gasteiger partial charge is 0.298 e. The number of hydrogen-bond acceptors (Lipinski definition) is 4. The molecule has 1 aromatic rings. The Morgan fingerprint density at radius 1 is 1.71 bits per heavy atom. The van der Waals surface area contributed by atoms with Crippen LogP contribution in [0.3, 0.4) is 0 Å². The van der Waals surface area contributed by atoms with Gasteiger partial charge in [0.1, 0.15) is 0 Å². The van der Waals surface area contributed by atoms with Gasteiger partial charge in [-0.05, 0) is 12.5 Å². The molecule has 0 aliphatic heterocycles. The van der Waals surface area contributed by atoms with Crippen LogP contribution in [0.4, 0.5) is 0 Å². The molecule has 76 valence electrons. The van der Waals surface area contributed by atoms with Crippen molar-refractivity contribution in [3.8, 4) is 0 Å². The van der Waals surface area contributed by atoms with Gasteiger partial charge in [0.25, 0.3) is 0 Å². The number of nitrogens with two attached hydrogens (primary N) is 1. The van der Waals surface area contributed by atoms with E-state index in [1.54, 1.807) is 6.20 Å². The lowest BCUT2D eigenvalue weighted by molar-refractivity contribution is -0.121. The van der Waals surface area contributed by atoms with Gasteiger partial charge in [-0.2, -0.15) is 0 Å². The first-order valence-electron chi connectivity index (χ1n) is 4.16. The van der Waals surface area contributed by atoms with Gasteiger partial charge >= 0.3 is 5.69 Å². The Kier molecular flexibility index (Phi) is 3.35. The van der Waals surface area contributed by atoms with Crippen molar-refractivity contribution < 1.29 is 4.79 Å². The van der Waals surface area contributed by atoms with Gasteiger partial charge < -0.3 is 0 Å². The second kappa shape index (κ2) is 4.52. The third-order valence-electron chi connectivity index (χ3n) is 1.72. The standard InChI is InChI=1S/C8H12N4O2/c1-6-4-10-8(14)12(5-6)3-2-7(13)11-9/h4-5H,2-3,9H2,1H3,(H,11,13). The number of amides is 1. The first-order chi connectivity index (χ1) is 6.63. The number of hydrogen-bond donors (Lipinski definition) is 2. The molecule has 1 heterocycles. The van der Waals surface area contributed by atoms with Crippen molar-refractivity contribution in [2.24, 2.45) is 5.84 Å². The van der Waals surface area contributed by atoms with Crippen molar-refractivity contribution in [2.75, 3.05) is 0 Å². The highest BCUT2D eigenvalue weighted by Gasteiger charge is 2.01. The third-order valence-corrected chi connectivity index (χ3v) is 1.72. The van der Waals surface area contributed by atoms with E-state index in [0.717, 1.165) is 5.56 Å². The molecule has 1 aromatic heterocycles. The molecule has 6 heteroatoms. The highest BCUT2D eigenvalue weighted by molar-refractivity contribution is 5.74.